The molecule has 0 radical (unpaired) electrons. The number of hydrogen-bond acceptors (Lipinski definition) is 6. The summed E-state index contributed by atoms with van der Waals surface area (Å²) in [6, 6.07) is 5.32. The third-order valence-corrected chi connectivity index (χ3v) is 7.63. The molecule has 3 heterocycles. The van der Waals surface area contributed by atoms with E-state index in [1.165, 1.54) is 6.92 Å². The summed E-state index contributed by atoms with van der Waals surface area (Å²) in [5.74, 6) is 1.65. The molecule has 0 bridgehead atoms. The summed E-state index contributed by atoms with van der Waals surface area (Å²) >= 11 is 0. The number of benzene rings is 1. The molecule has 10 nitrogen and oxygen atoms in total. The van der Waals surface area contributed by atoms with Gasteiger partial charge in [0.15, 0.2) is 5.96 Å². The van der Waals surface area contributed by atoms with E-state index in [9.17, 15) is 9.59 Å². The summed E-state index contributed by atoms with van der Waals surface area (Å²) in [5.41, 5.74) is 11.4. The number of nitrogens with one attached hydrogen (secondary N) is 1. The Kier molecular flexibility index (Phi) is 7.63. The van der Waals surface area contributed by atoms with Crippen molar-refractivity contribution in [2.75, 3.05) is 26.7 Å². The second-order valence-electron chi connectivity index (χ2n) is 10.6. The first-order valence-corrected chi connectivity index (χ1v) is 12.7. The maximum atomic E-state index is 13.4. The summed E-state index contributed by atoms with van der Waals surface area (Å²) in [6.45, 7) is 7.24. The van der Waals surface area contributed by atoms with Crippen LogP contribution >= 0.6 is 0 Å². The van der Waals surface area contributed by atoms with Crippen LogP contribution < -0.4 is 26.3 Å². The fourth-order valence-corrected chi connectivity index (χ4v) is 5.84. The molecule has 5 N–H and O–H groups in total. The first kappa shape index (κ1) is 26.1. The van der Waals surface area contributed by atoms with Gasteiger partial charge in [-0.3, -0.25) is 14.6 Å². The van der Waals surface area contributed by atoms with Gasteiger partial charge < -0.3 is 35.9 Å². The van der Waals surface area contributed by atoms with Crippen LogP contribution in [-0.2, 0) is 14.3 Å². The molecule has 5 atom stereocenters. The number of nitrogens with two attached hydrogens (primary N) is 2. The number of piperidine rings is 1. The second-order valence-corrected chi connectivity index (χ2v) is 10.6. The Bertz CT molecular complexity index is 1010. The molecule has 3 aliphatic heterocycles. The van der Waals surface area contributed by atoms with E-state index in [2.05, 4.69) is 24.2 Å². The van der Waals surface area contributed by atoms with Gasteiger partial charge in [-0.2, -0.15) is 0 Å². The highest BCUT2D eigenvalue weighted by atomic mass is 16.5. The largest absolute Gasteiger partial charge is 0.497 e. The van der Waals surface area contributed by atoms with Crippen LogP contribution in [0.25, 0.3) is 0 Å². The van der Waals surface area contributed by atoms with Crippen molar-refractivity contribution in [1.82, 2.24) is 10.2 Å². The van der Waals surface area contributed by atoms with Crippen molar-refractivity contribution >= 4 is 17.8 Å². The van der Waals surface area contributed by atoms with Gasteiger partial charge in [0.2, 0.25) is 11.8 Å². The van der Waals surface area contributed by atoms with Gasteiger partial charge in [-0.25, -0.2) is 0 Å². The lowest BCUT2D eigenvalue weighted by Crippen LogP contribution is -2.58. The Morgan fingerprint density at radius 3 is 2.81 bits per heavy atom. The van der Waals surface area contributed by atoms with Gasteiger partial charge in [0.25, 0.3) is 0 Å². The molecule has 0 saturated carbocycles. The van der Waals surface area contributed by atoms with Crippen molar-refractivity contribution < 1.29 is 23.8 Å². The van der Waals surface area contributed by atoms with E-state index in [-0.39, 0.29) is 41.8 Å². The lowest BCUT2D eigenvalue weighted by Gasteiger charge is -2.53. The predicted molar refractivity (Wildman–Crippen MR) is 136 cm³/mol. The average molecular weight is 502 g/mol. The number of carbonyl (C=O) groups is 2. The molecule has 0 aromatic heterocycles. The number of ether oxygens (including phenoxy) is 3. The Morgan fingerprint density at radius 2 is 2.11 bits per heavy atom. The van der Waals surface area contributed by atoms with Crippen molar-refractivity contribution in [3.63, 3.8) is 0 Å². The number of likely N-dealkylation sites (tertiary alicyclic amines) is 1. The molecule has 10 heteroatoms. The first-order chi connectivity index (χ1) is 17.1. The van der Waals surface area contributed by atoms with Gasteiger partial charge in [0.05, 0.1) is 19.3 Å². The summed E-state index contributed by atoms with van der Waals surface area (Å²) in [6.07, 6.45) is 2.74. The Hall–Kier alpha value is -3.01. The lowest BCUT2D eigenvalue weighted by atomic mass is 9.70. The van der Waals surface area contributed by atoms with Gasteiger partial charge in [-0.15, -0.1) is 0 Å². The van der Waals surface area contributed by atoms with Gasteiger partial charge in [0, 0.05) is 50.0 Å². The Morgan fingerprint density at radius 1 is 1.33 bits per heavy atom. The molecule has 2 saturated heterocycles. The minimum absolute atomic E-state index is 0.0199. The van der Waals surface area contributed by atoms with E-state index < -0.39 is 11.6 Å². The minimum atomic E-state index is -0.596. The highest BCUT2D eigenvalue weighted by Gasteiger charge is 2.51. The molecule has 1 aromatic carbocycles. The number of methoxy groups -OCH3 is 1. The number of guanidine groups is 1. The summed E-state index contributed by atoms with van der Waals surface area (Å²) < 4.78 is 18.5. The molecule has 4 rings (SSSR count). The zero-order valence-corrected chi connectivity index (χ0v) is 21.7. The van der Waals surface area contributed by atoms with Crippen LogP contribution in [0.15, 0.2) is 23.2 Å². The molecule has 0 aliphatic carbocycles. The zero-order chi connectivity index (χ0) is 26.0. The van der Waals surface area contributed by atoms with Crippen molar-refractivity contribution in [1.29, 1.82) is 0 Å². The van der Waals surface area contributed by atoms with Gasteiger partial charge in [-0.05, 0) is 51.7 Å². The van der Waals surface area contributed by atoms with Crippen LogP contribution in [0.5, 0.6) is 11.5 Å². The Balaban J connectivity index is 1.45. The monoisotopic (exact) mass is 501 g/mol. The van der Waals surface area contributed by atoms with Crippen molar-refractivity contribution in [3.8, 4) is 11.5 Å². The highest BCUT2D eigenvalue weighted by Crippen LogP contribution is 2.53. The fraction of sp³-hybridized carbons (Fsp3) is 0.654. The lowest BCUT2D eigenvalue weighted by molar-refractivity contribution is -0.189. The van der Waals surface area contributed by atoms with Crippen LogP contribution in [-0.4, -0.2) is 67.2 Å². The van der Waals surface area contributed by atoms with E-state index >= 15 is 0 Å². The normalized spacial score (nSPS) is 26.8. The molecule has 36 heavy (non-hydrogen) atoms. The number of amides is 2. The number of hydrogen-bond donors (Lipinski definition) is 3. The SMILES string of the molecule is COc1ccc2c(c1)OC(C)(C)[C@H]1C[C@@H]3CN(C(=O)[C@@H](CCCN=C(N)N)NC(C)=O)CC[C@@H]3O[C@H]21. The highest BCUT2D eigenvalue weighted by molar-refractivity contribution is 5.87. The predicted octanol–water partition coefficient (Wildman–Crippen LogP) is 1.72. The number of nitrogens with zero attached hydrogens (tertiary/aromatic N) is 2. The fourth-order valence-electron chi connectivity index (χ4n) is 5.84. The minimum Gasteiger partial charge on any atom is -0.497 e. The van der Waals surface area contributed by atoms with Gasteiger partial charge >= 0.3 is 0 Å². The summed E-state index contributed by atoms with van der Waals surface area (Å²) in [4.78, 5) is 31.1. The molecule has 2 amide bonds. The molecule has 0 unspecified atom stereocenters. The molecule has 2 fully saturated rings. The topological polar surface area (TPSA) is 142 Å². The summed E-state index contributed by atoms with van der Waals surface area (Å²) in [5, 5.41) is 2.81. The second kappa shape index (κ2) is 10.5. The zero-order valence-electron chi connectivity index (χ0n) is 21.7. The maximum absolute atomic E-state index is 13.4. The maximum Gasteiger partial charge on any atom is 0.245 e. The molecule has 198 valence electrons. The number of carbonyl (C=O) groups excluding carboxylic acids is 2. The van der Waals surface area contributed by atoms with E-state index in [1.54, 1.807) is 7.11 Å². The third-order valence-electron chi connectivity index (χ3n) is 7.63. The Labute approximate surface area is 212 Å². The number of fused-ring (bicyclic) bond motifs is 4. The van der Waals surface area contributed by atoms with Crippen LogP contribution in [0, 0.1) is 11.8 Å². The van der Waals surface area contributed by atoms with Gasteiger partial charge in [0.1, 0.15) is 23.1 Å². The van der Waals surface area contributed by atoms with Crippen LogP contribution in [0.3, 0.4) is 0 Å². The summed E-state index contributed by atoms with van der Waals surface area (Å²) in [7, 11) is 1.65. The molecular weight excluding hydrogens is 462 g/mol. The number of rotatable bonds is 7. The van der Waals surface area contributed by atoms with E-state index in [0.717, 1.165) is 29.9 Å². The first-order valence-electron chi connectivity index (χ1n) is 12.7. The van der Waals surface area contributed by atoms with E-state index in [0.29, 0.717) is 32.5 Å². The van der Waals surface area contributed by atoms with Crippen LogP contribution in [0.2, 0.25) is 0 Å². The van der Waals surface area contributed by atoms with Crippen molar-refractivity contribution in [3.05, 3.63) is 23.8 Å². The smallest absolute Gasteiger partial charge is 0.245 e. The molecule has 0 spiro atoms. The standard InChI is InChI=1S/C26H39N5O5/c1-15(32)30-20(6-5-10-29-25(27)28)24(33)31-11-9-21-16(14-31)12-19-23(35-21)18-8-7-17(34-4)13-22(18)36-26(19,2)3/h7-8,13,16,19-21,23H,5-6,9-12,14H2,1-4H3,(H,30,32)(H4,27,28,29)/t16-,19+,20-,21+,23-/m1/s1. The molecule has 1 aromatic rings. The number of aliphatic imine (C=N–C) groups is 1. The average Bonchev–Trinajstić information content (AvgIpc) is 2.83. The van der Waals surface area contributed by atoms with E-state index in [4.69, 9.17) is 25.7 Å². The molecular formula is C26H39N5O5. The van der Waals surface area contributed by atoms with Crippen LogP contribution in [0.1, 0.15) is 58.1 Å². The van der Waals surface area contributed by atoms with Crippen molar-refractivity contribution in [2.24, 2.45) is 28.3 Å². The molecule has 3 aliphatic rings. The van der Waals surface area contributed by atoms with E-state index in [1.807, 2.05) is 23.1 Å². The quantitative estimate of drug-likeness (QED) is 0.293. The van der Waals surface area contributed by atoms with Crippen LogP contribution in [0.4, 0.5) is 0 Å². The van der Waals surface area contributed by atoms with Crippen molar-refractivity contribution in [2.45, 2.75) is 70.3 Å². The van der Waals surface area contributed by atoms with Gasteiger partial charge in [-0.1, -0.05) is 0 Å². The third kappa shape index (κ3) is 5.53.